The Balaban J connectivity index is 1.70. The molecule has 0 aliphatic heterocycles. The maximum Gasteiger partial charge on any atom is 0.251 e. The zero-order chi connectivity index (χ0) is 16.4. The summed E-state index contributed by atoms with van der Waals surface area (Å²) in [6.07, 6.45) is 0. The Morgan fingerprint density at radius 3 is 2.30 bits per heavy atom. The minimum absolute atomic E-state index is 0.133. The van der Waals surface area contributed by atoms with Crippen molar-refractivity contribution in [3.8, 4) is 5.69 Å². The number of nitrogens with one attached hydrogen (secondary N) is 1. The highest BCUT2D eigenvalue weighted by Gasteiger charge is 2.09. The van der Waals surface area contributed by atoms with Gasteiger partial charge in [0.15, 0.2) is 5.76 Å². The van der Waals surface area contributed by atoms with Gasteiger partial charge in [-0.25, -0.2) is 0 Å². The molecule has 2 aromatic heterocycles. The van der Waals surface area contributed by atoms with Crippen LogP contribution in [0.1, 0.15) is 33.2 Å². The van der Waals surface area contributed by atoms with Crippen LogP contribution in [0.25, 0.3) is 5.69 Å². The van der Waals surface area contributed by atoms with Crippen LogP contribution in [0.4, 0.5) is 0 Å². The van der Waals surface area contributed by atoms with Crippen molar-refractivity contribution in [1.29, 1.82) is 0 Å². The molecule has 5 nitrogen and oxygen atoms in total. The van der Waals surface area contributed by atoms with Gasteiger partial charge in [-0.2, -0.15) is 0 Å². The average Bonchev–Trinajstić information content (AvgIpc) is 3.11. The van der Waals surface area contributed by atoms with Gasteiger partial charge in [-0.3, -0.25) is 4.79 Å². The molecule has 0 saturated carbocycles. The van der Waals surface area contributed by atoms with E-state index in [1.54, 1.807) is 6.07 Å². The largest absolute Gasteiger partial charge is 0.359 e. The fraction of sp³-hybridized carbons (Fsp3) is 0.222. The van der Waals surface area contributed by atoms with Crippen molar-refractivity contribution in [2.45, 2.75) is 27.3 Å². The van der Waals surface area contributed by atoms with E-state index in [0.717, 1.165) is 11.4 Å². The fourth-order valence-electron chi connectivity index (χ4n) is 2.61. The first-order valence-electron chi connectivity index (χ1n) is 7.50. The summed E-state index contributed by atoms with van der Waals surface area (Å²) in [5, 5.41) is 6.62. The predicted molar refractivity (Wildman–Crippen MR) is 87.7 cm³/mol. The van der Waals surface area contributed by atoms with Crippen molar-refractivity contribution < 1.29 is 9.32 Å². The van der Waals surface area contributed by atoms with Crippen molar-refractivity contribution in [2.75, 3.05) is 0 Å². The van der Waals surface area contributed by atoms with Crippen LogP contribution in [-0.4, -0.2) is 15.6 Å². The number of hydrogen-bond acceptors (Lipinski definition) is 3. The zero-order valence-electron chi connectivity index (χ0n) is 13.5. The van der Waals surface area contributed by atoms with Gasteiger partial charge in [-0.15, -0.1) is 0 Å². The Morgan fingerprint density at radius 2 is 1.74 bits per heavy atom. The van der Waals surface area contributed by atoms with Gasteiger partial charge in [0.25, 0.3) is 5.91 Å². The number of carbonyl (C=O) groups is 1. The molecule has 1 aromatic carbocycles. The van der Waals surface area contributed by atoms with Crippen LogP contribution in [-0.2, 0) is 6.54 Å². The van der Waals surface area contributed by atoms with Crippen LogP contribution in [0, 0.1) is 20.8 Å². The molecular weight excluding hydrogens is 290 g/mol. The quantitative estimate of drug-likeness (QED) is 0.804. The Kier molecular flexibility index (Phi) is 4.02. The van der Waals surface area contributed by atoms with E-state index in [0.29, 0.717) is 17.9 Å². The standard InChI is InChI=1S/C18H19N3O2/c1-12-10-17(23-20-12)11-19-18(22)15-6-8-16(9-7-15)21-13(2)4-5-14(21)3/h4-10H,11H2,1-3H3,(H,19,22). The van der Waals surface area contributed by atoms with E-state index in [1.165, 1.54) is 11.4 Å². The fourth-order valence-corrected chi connectivity index (χ4v) is 2.61. The van der Waals surface area contributed by atoms with E-state index in [4.69, 9.17) is 4.52 Å². The summed E-state index contributed by atoms with van der Waals surface area (Å²) >= 11 is 0. The van der Waals surface area contributed by atoms with E-state index >= 15 is 0 Å². The molecule has 118 valence electrons. The Hall–Kier alpha value is -2.82. The molecule has 0 aliphatic rings. The minimum atomic E-state index is -0.133. The highest BCUT2D eigenvalue weighted by Crippen LogP contribution is 2.17. The monoisotopic (exact) mass is 309 g/mol. The lowest BCUT2D eigenvalue weighted by molar-refractivity contribution is 0.0947. The summed E-state index contributed by atoms with van der Waals surface area (Å²) in [5.41, 5.74) is 4.80. The number of amides is 1. The lowest BCUT2D eigenvalue weighted by Gasteiger charge is -2.10. The summed E-state index contributed by atoms with van der Waals surface area (Å²) in [6, 6.07) is 13.5. The number of carbonyl (C=O) groups excluding carboxylic acids is 1. The summed E-state index contributed by atoms with van der Waals surface area (Å²) in [5.74, 6) is 0.512. The van der Waals surface area contributed by atoms with Gasteiger partial charge in [0.2, 0.25) is 0 Å². The van der Waals surface area contributed by atoms with Gasteiger partial charge < -0.3 is 14.4 Å². The Labute approximate surface area is 134 Å². The van der Waals surface area contributed by atoms with Crippen molar-refractivity contribution in [1.82, 2.24) is 15.0 Å². The molecule has 1 N–H and O–H groups in total. The summed E-state index contributed by atoms with van der Waals surface area (Å²) in [6.45, 7) is 6.30. The smallest absolute Gasteiger partial charge is 0.251 e. The van der Waals surface area contributed by atoms with E-state index in [9.17, 15) is 4.79 Å². The molecule has 2 heterocycles. The van der Waals surface area contributed by atoms with Crippen LogP contribution in [0.3, 0.4) is 0 Å². The molecule has 3 rings (SSSR count). The van der Waals surface area contributed by atoms with Crippen LogP contribution < -0.4 is 5.32 Å². The summed E-state index contributed by atoms with van der Waals surface area (Å²) < 4.78 is 7.23. The number of aromatic nitrogens is 2. The van der Waals surface area contributed by atoms with E-state index in [2.05, 4.69) is 41.0 Å². The highest BCUT2D eigenvalue weighted by atomic mass is 16.5. The molecule has 0 radical (unpaired) electrons. The van der Waals surface area contributed by atoms with E-state index in [1.807, 2.05) is 31.2 Å². The van der Waals surface area contributed by atoms with E-state index < -0.39 is 0 Å². The molecule has 3 aromatic rings. The number of nitrogens with zero attached hydrogens (tertiary/aromatic N) is 2. The van der Waals surface area contributed by atoms with E-state index in [-0.39, 0.29) is 5.91 Å². The van der Waals surface area contributed by atoms with Crippen molar-refractivity contribution >= 4 is 5.91 Å². The molecule has 0 spiro atoms. The van der Waals surface area contributed by atoms with Crippen molar-refractivity contribution in [3.05, 3.63) is 70.9 Å². The third-order valence-corrected chi connectivity index (χ3v) is 3.76. The molecule has 0 bridgehead atoms. The molecule has 1 amide bonds. The van der Waals surface area contributed by atoms with Crippen LogP contribution in [0.15, 0.2) is 47.0 Å². The lowest BCUT2D eigenvalue weighted by Crippen LogP contribution is -2.22. The summed E-state index contributed by atoms with van der Waals surface area (Å²) in [4.78, 5) is 12.2. The zero-order valence-corrected chi connectivity index (χ0v) is 13.5. The van der Waals surface area contributed by atoms with Crippen LogP contribution >= 0.6 is 0 Å². The number of rotatable bonds is 4. The second kappa shape index (κ2) is 6.12. The molecule has 0 unspecified atom stereocenters. The molecule has 23 heavy (non-hydrogen) atoms. The molecule has 0 saturated heterocycles. The van der Waals surface area contributed by atoms with Gasteiger partial charge in [0.05, 0.1) is 12.2 Å². The first-order chi connectivity index (χ1) is 11.0. The first kappa shape index (κ1) is 15.1. The molecular formula is C18H19N3O2. The van der Waals surface area contributed by atoms with Crippen molar-refractivity contribution in [3.63, 3.8) is 0 Å². The maximum absolute atomic E-state index is 12.2. The second-order valence-electron chi connectivity index (χ2n) is 5.62. The van der Waals surface area contributed by atoms with Gasteiger partial charge in [-0.1, -0.05) is 5.16 Å². The molecule has 0 aliphatic carbocycles. The average molecular weight is 309 g/mol. The normalized spacial score (nSPS) is 10.7. The lowest BCUT2D eigenvalue weighted by atomic mass is 10.2. The van der Waals surface area contributed by atoms with Gasteiger partial charge >= 0.3 is 0 Å². The van der Waals surface area contributed by atoms with Crippen LogP contribution in [0.2, 0.25) is 0 Å². The predicted octanol–water partition coefficient (Wildman–Crippen LogP) is 3.32. The minimum Gasteiger partial charge on any atom is -0.359 e. The number of benzene rings is 1. The number of aryl methyl sites for hydroxylation is 3. The van der Waals surface area contributed by atoms with Crippen LogP contribution in [0.5, 0.6) is 0 Å². The van der Waals surface area contributed by atoms with Gasteiger partial charge in [0, 0.05) is 28.7 Å². The number of hydrogen-bond donors (Lipinski definition) is 1. The summed E-state index contributed by atoms with van der Waals surface area (Å²) in [7, 11) is 0. The second-order valence-corrected chi connectivity index (χ2v) is 5.62. The topological polar surface area (TPSA) is 60.1 Å². The third kappa shape index (κ3) is 3.18. The molecule has 0 atom stereocenters. The molecule has 5 heteroatoms. The highest BCUT2D eigenvalue weighted by molar-refractivity contribution is 5.94. The Bertz CT molecular complexity index is 809. The van der Waals surface area contributed by atoms with Gasteiger partial charge in [-0.05, 0) is 57.2 Å². The van der Waals surface area contributed by atoms with Gasteiger partial charge in [0.1, 0.15) is 0 Å². The molecule has 0 fully saturated rings. The van der Waals surface area contributed by atoms with Crippen molar-refractivity contribution in [2.24, 2.45) is 0 Å². The maximum atomic E-state index is 12.2. The third-order valence-electron chi connectivity index (χ3n) is 3.76. The Morgan fingerprint density at radius 1 is 1.09 bits per heavy atom. The first-order valence-corrected chi connectivity index (χ1v) is 7.50. The SMILES string of the molecule is Cc1cc(CNC(=O)c2ccc(-n3c(C)ccc3C)cc2)on1.